The monoisotopic (exact) mass is 511 g/mol. The van der Waals surface area contributed by atoms with E-state index in [2.05, 4.69) is 50.3 Å². The lowest BCUT2D eigenvalue weighted by Gasteiger charge is -2.30. The van der Waals surface area contributed by atoms with Crippen molar-refractivity contribution in [2.45, 2.75) is 52.9 Å². The van der Waals surface area contributed by atoms with Gasteiger partial charge in [0.1, 0.15) is 5.82 Å². The maximum absolute atomic E-state index is 13.4. The minimum Gasteiger partial charge on any atom is -0.322 e. The van der Waals surface area contributed by atoms with Crippen LogP contribution >= 0.6 is 0 Å². The molecule has 38 heavy (non-hydrogen) atoms. The fourth-order valence-corrected chi connectivity index (χ4v) is 4.79. The molecule has 3 heterocycles. The molecule has 0 saturated heterocycles. The summed E-state index contributed by atoms with van der Waals surface area (Å²) in [6.07, 6.45) is 4.29. The first kappa shape index (κ1) is 25.4. The van der Waals surface area contributed by atoms with Crippen molar-refractivity contribution in [3.63, 3.8) is 0 Å². The third kappa shape index (κ3) is 5.52. The van der Waals surface area contributed by atoms with Gasteiger partial charge in [0.2, 0.25) is 0 Å². The van der Waals surface area contributed by atoms with Crippen LogP contribution in [0.3, 0.4) is 0 Å². The van der Waals surface area contributed by atoms with Gasteiger partial charge in [-0.3, -0.25) is 14.7 Å². The SMILES string of the molecule is CC[C@H](c1nnnn1Cc1ccc(F)cc1)N(Cc1cccnc1)Cc1cc2cc(C)c(C)cc2[nH]c1=O. The number of pyridine rings is 2. The zero-order valence-corrected chi connectivity index (χ0v) is 21.7. The van der Waals surface area contributed by atoms with E-state index < -0.39 is 0 Å². The molecular weight excluding hydrogens is 481 g/mol. The van der Waals surface area contributed by atoms with Gasteiger partial charge >= 0.3 is 0 Å². The average molecular weight is 512 g/mol. The molecule has 0 amide bonds. The Kier molecular flexibility index (Phi) is 7.37. The minimum absolute atomic E-state index is 0.113. The molecule has 0 aliphatic rings. The van der Waals surface area contributed by atoms with Crippen LogP contribution in [0.2, 0.25) is 0 Å². The van der Waals surface area contributed by atoms with Crippen LogP contribution in [0, 0.1) is 19.7 Å². The molecule has 0 saturated carbocycles. The molecule has 1 N–H and O–H groups in total. The number of fused-ring (bicyclic) bond motifs is 1. The Bertz CT molecular complexity index is 1600. The van der Waals surface area contributed by atoms with Crippen molar-refractivity contribution in [2.24, 2.45) is 0 Å². The summed E-state index contributed by atoms with van der Waals surface area (Å²) in [6.45, 7) is 7.56. The average Bonchev–Trinajstić information content (AvgIpc) is 3.36. The summed E-state index contributed by atoms with van der Waals surface area (Å²) in [5, 5.41) is 13.6. The Morgan fingerprint density at radius 2 is 1.82 bits per heavy atom. The van der Waals surface area contributed by atoms with Gasteiger partial charge in [-0.1, -0.05) is 25.1 Å². The van der Waals surface area contributed by atoms with Crippen LogP contribution in [0.15, 0.2) is 71.8 Å². The van der Waals surface area contributed by atoms with E-state index in [1.54, 1.807) is 23.0 Å². The van der Waals surface area contributed by atoms with Gasteiger partial charge in [0.25, 0.3) is 5.56 Å². The van der Waals surface area contributed by atoms with Crippen LogP contribution in [-0.2, 0) is 19.6 Å². The largest absolute Gasteiger partial charge is 0.322 e. The Labute approximate surface area is 220 Å². The fraction of sp³-hybridized carbons (Fsp3) is 0.276. The summed E-state index contributed by atoms with van der Waals surface area (Å²) in [4.78, 5) is 22.7. The van der Waals surface area contributed by atoms with Crippen molar-refractivity contribution in [2.75, 3.05) is 0 Å². The lowest BCUT2D eigenvalue weighted by molar-refractivity contribution is 0.161. The number of hydrogen-bond acceptors (Lipinski definition) is 6. The molecule has 0 spiro atoms. The van der Waals surface area contributed by atoms with Crippen molar-refractivity contribution in [3.8, 4) is 0 Å². The van der Waals surface area contributed by atoms with E-state index in [4.69, 9.17) is 0 Å². The third-order valence-electron chi connectivity index (χ3n) is 6.95. The normalized spacial score (nSPS) is 12.3. The molecule has 0 fully saturated rings. The summed E-state index contributed by atoms with van der Waals surface area (Å²) in [7, 11) is 0. The second kappa shape index (κ2) is 11.0. The Morgan fingerprint density at radius 3 is 2.55 bits per heavy atom. The maximum Gasteiger partial charge on any atom is 0.252 e. The van der Waals surface area contributed by atoms with Gasteiger partial charge in [-0.05, 0) is 94.7 Å². The van der Waals surface area contributed by atoms with Gasteiger partial charge < -0.3 is 4.98 Å². The van der Waals surface area contributed by atoms with Crippen LogP contribution in [0.4, 0.5) is 4.39 Å². The molecule has 5 aromatic rings. The standard InChI is InChI=1S/C29H30FN7O/c1-4-27(28-33-34-35-37(28)17-21-7-9-25(30)10-8-21)36(16-22-6-5-11-31-15-22)18-24-14-23-12-19(2)20(3)13-26(23)32-29(24)38/h5-15,27H,4,16-18H2,1-3H3,(H,32,38)/t27-/m1/s1. The first-order valence-corrected chi connectivity index (χ1v) is 12.7. The number of nitrogens with one attached hydrogen (secondary N) is 1. The number of aromatic amines is 1. The van der Waals surface area contributed by atoms with Crippen LogP contribution < -0.4 is 5.56 Å². The van der Waals surface area contributed by atoms with Crippen LogP contribution in [0.5, 0.6) is 0 Å². The maximum atomic E-state index is 13.4. The molecule has 3 aromatic heterocycles. The van der Waals surface area contributed by atoms with Gasteiger partial charge in [-0.2, -0.15) is 0 Å². The molecule has 5 rings (SSSR count). The highest BCUT2D eigenvalue weighted by atomic mass is 19.1. The first-order valence-electron chi connectivity index (χ1n) is 12.7. The summed E-state index contributed by atoms with van der Waals surface area (Å²) in [6, 6.07) is 16.2. The lowest BCUT2D eigenvalue weighted by atomic mass is 10.0. The number of aryl methyl sites for hydroxylation is 2. The van der Waals surface area contributed by atoms with E-state index in [9.17, 15) is 9.18 Å². The number of rotatable bonds is 9. The second-order valence-electron chi connectivity index (χ2n) is 9.66. The highest BCUT2D eigenvalue weighted by molar-refractivity contribution is 5.80. The van der Waals surface area contributed by atoms with E-state index >= 15 is 0 Å². The number of halogens is 1. The summed E-state index contributed by atoms with van der Waals surface area (Å²) in [5.74, 6) is 0.398. The highest BCUT2D eigenvalue weighted by Gasteiger charge is 2.26. The molecule has 8 nitrogen and oxygen atoms in total. The molecule has 194 valence electrons. The number of hydrogen-bond donors (Lipinski definition) is 1. The Morgan fingerprint density at radius 1 is 1.03 bits per heavy atom. The topological polar surface area (TPSA) is 92.6 Å². The number of aromatic nitrogens is 6. The number of H-pyrrole nitrogens is 1. The minimum atomic E-state index is -0.286. The summed E-state index contributed by atoms with van der Waals surface area (Å²) < 4.78 is 15.2. The molecule has 0 bridgehead atoms. The Balaban J connectivity index is 1.52. The molecule has 9 heteroatoms. The van der Waals surface area contributed by atoms with E-state index in [-0.39, 0.29) is 17.4 Å². The van der Waals surface area contributed by atoms with Crippen LogP contribution in [0.25, 0.3) is 10.9 Å². The zero-order chi connectivity index (χ0) is 26.6. The molecule has 0 unspecified atom stereocenters. The van der Waals surface area contributed by atoms with Crippen LogP contribution in [-0.4, -0.2) is 35.1 Å². The van der Waals surface area contributed by atoms with Gasteiger partial charge in [-0.25, -0.2) is 9.07 Å². The van der Waals surface area contributed by atoms with E-state index in [0.29, 0.717) is 37.4 Å². The first-order chi connectivity index (χ1) is 18.4. The van der Waals surface area contributed by atoms with Gasteiger partial charge in [-0.15, -0.1) is 5.10 Å². The smallest absolute Gasteiger partial charge is 0.252 e. The third-order valence-corrected chi connectivity index (χ3v) is 6.95. The van der Waals surface area contributed by atoms with E-state index in [1.807, 2.05) is 37.4 Å². The molecule has 0 aliphatic carbocycles. The van der Waals surface area contributed by atoms with Gasteiger partial charge in [0.05, 0.1) is 12.6 Å². The number of benzene rings is 2. The number of nitrogens with zero attached hydrogens (tertiary/aromatic N) is 6. The predicted molar refractivity (Wildman–Crippen MR) is 144 cm³/mol. The van der Waals surface area contributed by atoms with Crippen LogP contribution in [0.1, 0.15) is 53.0 Å². The van der Waals surface area contributed by atoms with Crippen molar-refractivity contribution in [3.05, 3.63) is 117 Å². The molecule has 1 atom stereocenters. The van der Waals surface area contributed by atoms with E-state index in [0.717, 1.165) is 27.6 Å². The number of tetrazole rings is 1. The fourth-order valence-electron chi connectivity index (χ4n) is 4.79. The van der Waals surface area contributed by atoms with E-state index in [1.165, 1.54) is 17.7 Å². The Hall–Kier alpha value is -4.24. The van der Waals surface area contributed by atoms with Crippen molar-refractivity contribution in [1.82, 2.24) is 35.1 Å². The molecular formula is C29H30FN7O. The molecule has 2 aromatic carbocycles. The lowest BCUT2D eigenvalue weighted by Crippen LogP contribution is -2.32. The molecule has 0 radical (unpaired) electrons. The van der Waals surface area contributed by atoms with Crippen molar-refractivity contribution >= 4 is 10.9 Å². The summed E-state index contributed by atoms with van der Waals surface area (Å²) >= 11 is 0. The zero-order valence-electron chi connectivity index (χ0n) is 21.7. The van der Waals surface area contributed by atoms with Gasteiger partial charge in [0, 0.05) is 36.6 Å². The molecule has 0 aliphatic heterocycles. The second-order valence-corrected chi connectivity index (χ2v) is 9.66. The highest BCUT2D eigenvalue weighted by Crippen LogP contribution is 2.27. The van der Waals surface area contributed by atoms with Gasteiger partial charge in [0.15, 0.2) is 5.82 Å². The van der Waals surface area contributed by atoms with Crippen molar-refractivity contribution < 1.29 is 4.39 Å². The van der Waals surface area contributed by atoms with Crippen molar-refractivity contribution in [1.29, 1.82) is 0 Å². The quantitative estimate of drug-likeness (QED) is 0.304. The predicted octanol–water partition coefficient (Wildman–Crippen LogP) is 4.87. The summed E-state index contributed by atoms with van der Waals surface area (Å²) in [5.41, 5.74) is 5.61.